The van der Waals surface area contributed by atoms with Crippen LogP contribution in [0.3, 0.4) is 0 Å². The minimum absolute atomic E-state index is 0.0476. The molecule has 0 spiro atoms. The largest absolute Gasteiger partial charge is 0.350 e. The van der Waals surface area contributed by atoms with E-state index >= 15 is 0 Å². The fraction of sp³-hybridized carbons (Fsp3) is 0.929. The van der Waals surface area contributed by atoms with Gasteiger partial charge in [0.1, 0.15) is 0 Å². The quantitative estimate of drug-likeness (QED) is 0.779. The Balaban J connectivity index is 4.57. The van der Waals surface area contributed by atoms with Crippen LogP contribution in [0.25, 0.3) is 0 Å². The Morgan fingerprint density at radius 2 is 1.59 bits per heavy atom. The lowest BCUT2D eigenvalue weighted by atomic mass is 9.81. The maximum atomic E-state index is 12.1. The van der Waals surface area contributed by atoms with Crippen LogP contribution < -0.4 is 11.1 Å². The molecule has 0 radical (unpaired) electrons. The standard InChI is InChI=1S/C14H30N2O/c1-8-9-14(7,15)11(17)16-13(5,6)10-12(2,3)4/h8-10,15H2,1-7H3,(H,16,17). The molecule has 0 aliphatic rings. The van der Waals surface area contributed by atoms with Crippen molar-refractivity contribution in [2.75, 3.05) is 0 Å². The third-order valence-electron chi connectivity index (χ3n) is 2.71. The van der Waals surface area contributed by atoms with Crippen LogP contribution in [0.2, 0.25) is 0 Å². The zero-order valence-electron chi connectivity index (χ0n) is 12.6. The van der Waals surface area contributed by atoms with Gasteiger partial charge in [0.15, 0.2) is 0 Å². The average Bonchev–Trinajstić information content (AvgIpc) is 1.97. The van der Waals surface area contributed by atoms with Gasteiger partial charge in [-0.1, -0.05) is 34.1 Å². The van der Waals surface area contributed by atoms with Crippen LogP contribution in [-0.4, -0.2) is 17.0 Å². The SMILES string of the molecule is CCCC(C)(N)C(=O)NC(C)(C)CC(C)(C)C. The maximum absolute atomic E-state index is 12.1. The van der Waals surface area contributed by atoms with Gasteiger partial charge < -0.3 is 11.1 Å². The van der Waals surface area contributed by atoms with E-state index in [9.17, 15) is 4.79 Å². The Bertz CT molecular complexity index is 262. The summed E-state index contributed by atoms with van der Waals surface area (Å²) in [6.45, 7) is 14.5. The first kappa shape index (κ1) is 16.4. The number of rotatable bonds is 5. The number of carbonyl (C=O) groups excluding carboxylic acids is 1. The number of nitrogens with two attached hydrogens (primary N) is 1. The molecule has 0 aliphatic carbocycles. The smallest absolute Gasteiger partial charge is 0.240 e. The molecule has 0 fully saturated rings. The first-order valence-corrected chi connectivity index (χ1v) is 6.51. The van der Waals surface area contributed by atoms with Crippen molar-refractivity contribution in [1.29, 1.82) is 0 Å². The van der Waals surface area contributed by atoms with Crippen LogP contribution in [0.15, 0.2) is 0 Å². The van der Waals surface area contributed by atoms with Crippen molar-refractivity contribution in [2.45, 2.75) is 78.8 Å². The fourth-order valence-corrected chi connectivity index (χ4v) is 2.45. The fourth-order valence-electron chi connectivity index (χ4n) is 2.45. The first-order valence-electron chi connectivity index (χ1n) is 6.51. The molecule has 0 bridgehead atoms. The molecule has 0 aromatic rings. The predicted molar refractivity (Wildman–Crippen MR) is 73.8 cm³/mol. The van der Waals surface area contributed by atoms with Gasteiger partial charge in [-0.2, -0.15) is 0 Å². The van der Waals surface area contributed by atoms with E-state index in [1.54, 1.807) is 6.92 Å². The molecule has 3 heteroatoms. The highest BCUT2D eigenvalue weighted by molar-refractivity contribution is 5.86. The molecule has 0 aromatic carbocycles. The van der Waals surface area contributed by atoms with Gasteiger partial charge in [-0.25, -0.2) is 0 Å². The monoisotopic (exact) mass is 242 g/mol. The third-order valence-corrected chi connectivity index (χ3v) is 2.71. The van der Waals surface area contributed by atoms with Gasteiger partial charge in [-0.05, 0) is 39.0 Å². The van der Waals surface area contributed by atoms with Crippen molar-refractivity contribution in [1.82, 2.24) is 5.32 Å². The predicted octanol–water partition coefficient (Wildman–Crippen LogP) is 2.83. The number of carbonyl (C=O) groups is 1. The van der Waals surface area contributed by atoms with Crippen LogP contribution in [-0.2, 0) is 4.79 Å². The molecule has 1 atom stereocenters. The summed E-state index contributed by atoms with van der Waals surface area (Å²) in [5.74, 6) is -0.0476. The average molecular weight is 242 g/mol. The highest BCUT2D eigenvalue weighted by atomic mass is 16.2. The van der Waals surface area contributed by atoms with Crippen molar-refractivity contribution < 1.29 is 4.79 Å². The van der Waals surface area contributed by atoms with Gasteiger partial charge in [0.25, 0.3) is 0 Å². The number of amides is 1. The summed E-state index contributed by atoms with van der Waals surface area (Å²) in [6, 6.07) is 0. The van der Waals surface area contributed by atoms with Crippen molar-refractivity contribution in [3.8, 4) is 0 Å². The van der Waals surface area contributed by atoms with E-state index in [-0.39, 0.29) is 16.9 Å². The Morgan fingerprint density at radius 3 is 1.94 bits per heavy atom. The van der Waals surface area contributed by atoms with E-state index in [0.29, 0.717) is 6.42 Å². The number of hydrogen-bond donors (Lipinski definition) is 2. The summed E-state index contributed by atoms with van der Waals surface area (Å²) in [6.07, 6.45) is 2.55. The van der Waals surface area contributed by atoms with Crippen LogP contribution in [0.1, 0.15) is 67.7 Å². The van der Waals surface area contributed by atoms with Crippen LogP contribution in [0.4, 0.5) is 0 Å². The zero-order chi connectivity index (χ0) is 13.9. The van der Waals surface area contributed by atoms with Crippen LogP contribution in [0, 0.1) is 5.41 Å². The van der Waals surface area contributed by atoms with E-state index in [0.717, 1.165) is 12.8 Å². The molecule has 1 unspecified atom stereocenters. The molecule has 17 heavy (non-hydrogen) atoms. The summed E-state index contributed by atoms with van der Waals surface area (Å²) >= 11 is 0. The molecule has 102 valence electrons. The summed E-state index contributed by atoms with van der Waals surface area (Å²) in [5, 5.41) is 3.07. The highest BCUT2D eigenvalue weighted by Crippen LogP contribution is 2.27. The molecule has 3 N–H and O–H groups in total. The van der Waals surface area contributed by atoms with Crippen molar-refractivity contribution in [3.05, 3.63) is 0 Å². The van der Waals surface area contributed by atoms with Gasteiger partial charge in [-0.15, -0.1) is 0 Å². The van der Waals surface area contributed by atoms with E-state index < -0.39 is 5.54 Å². The Labute approximate surface area is 107 Å². The van der Waals surface area contributed by atoms with Gasteiger partial charge in [0, 0.05) is 5.54 Å². The molecule has 3 nitrogen and oxygen atoms in total. The van der Waals surface area contributed by atoms with Gasteiger partial charge in [0.05, 0.1) is 5.54 Å². The topological polar surface area (TPSA) is 55.1 Å². The Morgan fingerprint density at radius 1 is 1.12 bits per heavy atom. The summed E-state index contributed by atoms with van der Waals surface area (Å²) < 4.78 is 0. The molecule has 0 saturated carbocycles. The Kier molecular flexibility index (Phi) is 5.20. The first-order chi connectivity index (χ1) is 7.40. The molecule has 0 heterocycles. The van der Waals surface area contributed by atoms with Crippen LogP contribution in [0.5, 0.6) is 0 Å². The molecular weight excluding hydrogens is 212 g/mol. The summed E-state index contributed by atoms with van der Waals surface area (Å²) in [5.41, 5.74) is 5.24. The second-order valence-corrected chi connectivity index (χ2v) is 7.24. The van der Waals surface area contributed by atoms with E-state index in [2.05, 4.69) is 39.9 Å². The molecule has 0 aromatic heterocycles. The molecule has 1 amide bonds. The second kappa shape index (κ2) is 5.38. The van der Waals surface area contributed by atoms with Gasteiger partial charge >= 0.3 is 0 Å². The van der Waals surface area contributed by atoms with E-state index in [1.807, 2.05) is 6.92 Å². The van der Waals surface area contributed by atoms with Crippen molar-refractivity contribution in [3.63, 3.8) is 0 Å². The lowest BCUT2D eigenvalue weighted by Crippen LogP contribution is -2.57. The maximum Gasteiger partial charge on any atom is 0.240 e. The molecule has 0 rings (SSSR count). The summed E-state index contributed by atoms with van der Waals surface area (Å²) in [7, 11) is 0. The Hall–Kier alpha value is -0.570. The van der Waals surface area contributed by atoms with Crippen molar-refractivity contribution >= 4 is 5.91 Å². The van der Waals surface area contributed by atoms with Gasteiger partial charge in [-0.3, -0.25) is 4.79 Å². The second-order valence-electron chi connectivity index (χ2n) is 7.24. The minimum atomic E-state index is -0.760. The normalized spacial score (nSPS) is 16.5. The van der Waals surface area contributed by atoms with Crippen LogP contribution >= 0.6 is 0 Å². The zero-order valence-corrected chi connectivity index (χ0v) is 12.6. The minimum Gasteiger partial charge on any atom is -0.350 e. The summed E-state index contributed by atoms with van der Waals surface area (Å²) in [4.78, 5) is 12.1. The molecule has 0 aliphatic heterocycles. The van der Waals surface area contributed by atoms with E-state index in [1.165, 1.54) is 0 Å². The number of nitrogens with one attached hydrogen (secondary N) is 1. The third kappa shape index (κ3) is 6.67. The van der Waals surface area contributed by atoms with Gasteiger partial charge in [0.2, 0.25) is 5.91 Å². The number of hydrogen-bond acceptors (Lipinski definition) is 2. The lowest BCUT2D eigenvalue weighted by Gasteiger charge is -2.36. The van der Waals surface area contributed by atoms with E-state index in [4.69, 9.17) is 5.73 Å². The lowest BCUT2D eigenvalue weighted by molar-refractivity contribution is -0.128. The molecule has 0 saturated heterocycles. The molecular formula is C14H30N2O. The van der Waals surface area contributed by atoms with Crippen molar-refractivity contribution in [2.24, 2.45) is 11.1 Å². The highest BCUT2D eigenvalue weighted by Gasteiger charge is 2.33.